The Morgan fingerprint density at radius 3 is 2.80 bits per heavy atom. The molecule has 1 aromatic heterocycles. The maximum absolute atomic E-state index is 5.90. The number of aromatic nitrogens is 1. The van der Waals surface area contributed by atoms with Gasteiger partial charge in [0, 0.05) is 24.1 Å². The molecule has 1 heterocycles. The minimum atomic E-state index is 0.474. The molecule has 15 heavy (non-hydrogen) atoms. The Kier molecular flexibility index (Phi) is 4.56. The number of hydrogen-bond acceptors (Lipinski definition) is 3. The number of hydrogen-bond donors (Lipinski definition) is 2. The predicted octanol–water partition coefficient (Wildman–Crippen LogP) is 1.84. The zero-order valence-electron chi connectivity index (χ0n) is 9.83. The average molecular weight is 207 g/mol. The summed E-state index contributed by atoms with van der Waals surface area (Å²) in [6, 6.07) is 2.33. The van der Waals surface area contributed by atoms with Crippen molar-refractivity contribution in [3.05, 3.63) is 24.0 Å². The molecule has 0 fully saturated rings. The Morgan fingerprint density at radius 2 is 2.27 bits per heavy atom. The first-order valence-electron chi connectivity index (χ1n) is 5.54. The van der Waals surface area contributed by atoms with Gasteiger partial charge < -0.3 is 11.1 Å². The van der Waals surface area contributed by atoms with Gasteiger partial charge in [0.15, 0.2) is 0 Å². The zero-order valence-corrected chi connectivity index (χ0v) is 9.83. The van der Waals surface area contributed by atoms with E-state index in [1.807, 2.05) is 19.3 Å². The topological polar surface area (TPSA) is 50.9 Å². The van der Waals surface area contributed by atoms with Crippen LogP contribution in [0.5, 0.6) is 0 Å². The largest absolute Gasteiger partial charge is 0.398 e. The maximum atomic E-state index is 5.90. The lowest BCUT2D eigenvalue weighted by Crippen LogP contribution is -2.34. The summed E-state index contributed by atoms with van der Waals surface area (Å²) in [5.74, 6) is 0.648. The van der Waals surface area contributed by atoms with Crippen LogP contribution in [0.3, 0.4) is 0 Å². The van der Waals surface area contributed by atoms with Crippen molar-refractivity contribution in [2.24, 2.45) is 5.92 Å². The zero-order chi connectivity index (χ0) is 11.3. The van der Waals surface area contributed by atoms with E-state index in [9.17, 15) is 0 Å². The van der Waals surface area contributed by atoms with Crippen LogP contribution in [0.4, 0.5) is 5.69 Å². The van der Waals surface area contributed by atoms with Crippen molar-refractivity contribution < 1.29 is 0 Å². The van der Waals surface area contributed by atoms with Crippen LogP contribution in [-0.4, -0.2) is 18.1 Å². The Morgan fingerprint density at radius 1 is 1.53 bits per heavy atom. The van der Waals surface area contributed by atoms with E-state index in [1.165, 1.54) is 6.42 Å². The maximum Gasteiger partial charge on any atom is 0.0378 e. The lowest BCUT2D eigenvalue weighted by Gasteiger charge is -2.22. The van der Waals surface area contributed by atoms with Gasteiger partial charge in [-0.15, -0.1) is 0 Å². The van der Waals surface area contributed by atoms with Crippen molar-refractivity contribution in [1.82, 2.24) is 10.3 Å². The number of rotatable bonds is 5. The van der Waals surface area contributed by atoms with Crippen molar-refractivity contribution in [2.75, 3.05) is 12.8 Å². The smallest absolute Gasteiger partial charge is 0.0378 e. The molecular formula is C12H21N3. The van der Waals surface area contributed by atoms with Crippen molar-refractivity contribution >= 4 is 5.69 Å². The van der Waals surface area contributed by atoms with E-state index in [-0.39, 0.29) is 0 Å². The number of likely N-dealkylation sites (N-methyl/N-ethyl adjacent to an activating group) is 1. The molecule has 0 saturated heterocycles. The molecule has 84 valence electrons. The molecule has 0 aliphatic heterocycles. The molecule has 1 aromatic rings. The van der Waals surface area contributed by atoms with E-state index in [4.69, 9.17) is 5.73 Å². The van der Waals surface area contributed by atoms with Gasteiger partial charge in [-0.05, 0) is 31.0 Å². The molecular weight excluding hydrogens is 186 g/mol. The summed E-state index contributed by atoms with van der Waals surface area (Å²) >= 11 is 0. The highest BCUT2D eigenvalue weighted by Gasteiger charge is 2.15. The van der Waals surface area contributed by atoms with Gasteiger partial charge in [0.2, 0.25) is 0 Å². The standard InChI is InChI=1S/C12H21N3/c1-4-9(2)12(14-3)7-10-8-15-6-5-11(10)13/h5-6,8-9,12,14H,4,7H2,1-3H3,(H2,13,15). The van der Waals surface area contributed by atoms with Crippen LogP contribution >= 0.6 is 0 Å². The Hall–Kier alpha value is -1.09. The highest BCUT2D eigenvalue weighted by Crippen LogP contribution is 2.16. The third-order valence-corrected chi connectivity index (χ3v) is 3.08. The summed E-state index contributed by atoms with van der Waals surface area (Å²) in [5, 5.41) is 3.35. The second-order valence-corrected chi connectivity index (χ2v) is 4.06. The molecule has 2 atom stereocenters. The summed E-state index contributed by atoms with van der Waals surface area (Å²) in [4.78, 5) is 4.11. The van der Waals surface area contributed by atoms with Crippen LogP contribution in [0, 0.1) is 5.92 Å². The van der Waals surface area contributed by atoms with Gasteiger partial charge in [0.05, 0.1) is 0 Å². The first kappa shape index (κ1) is 12.0. The van der Waals surface area contributed by atoms with E-state index >= 15 is 0 Å². The van der Waals surface area contributed by atoms with Gasteiger partial charge in [-0.25, -0.2) is 0 Å². The van der Waals surface area contributed by atoms with Gasteiger partial charge in [-0.2, -0.15) is 0 Å². The first-order chi connectivity index (χ1) is 7.19. The van der Waals surface area contributed by atoms with Gasteiger partial charge in [-0.1, -0.05) is 20.3 Å². The SMILES string of the molecule is CCC(C)C(Cc1cnccc1N)NC. The van der Waals surface area contributed by atoms with Crippen LogP contribution in [0.15, 0.2) is 18.5 Å². The molecule has 0 saturated carbocycles. The highest BCUT2D eigenvalue weighted by molar-refractivity contribution is 5.44. The van der Waals surface area contributed by atoms with Gasteiger partial charge in [0.1, 0.15) is 0 Å². The fraction of sp³-hybridized carbons (Fsp3) is 0.583. The fourth-order valence-corrected chi connectivity index (χ4v) is 1.72. The second-order valence-electron chi connectivity index (χ2n) is 4.06. The van der Waals surface area contributed by atoms with Crippen LogP contribution in [0.2, 0.25) is 0 Å². The number of pyridine rings is 1. The molecule has 3 heteroatoms. The summed E-state index contributed by atoms with van der Waals surface area (Å²) in [7, 11) is 2.00. The molecule has 0 radical (unpaired) electrons. The lowest BCUT2D eigenvalue weighted by molar-refractivity contribution is 0.386. The summed E-state index contributed by atoms with van der Waals surface area (Å²) in [6.45, 7) is 4.47. The third kappa shape index (κ3) is 3.20. The molecule has 0 amide bonds. The quantitative estimate of drug-likeness (QED) is 0.774. The number of nitrogens with zero attached hydrogens (tertiary/aromatic N) is 1. The Labute approximate surface area is 92.1 Å². The van der Waals surface area contributed by atoms with E-state index in [2.05, 4.69) is 24.1 Å². The molecule has 0 bridgehead atoms. The average Bonchev–Trinajstić information content (AvgIpc) is 2.27. The monoisotopic (exact) mass is 207 g/mol. The number of nitrogen functional groups attached to an aromatic ring is 1. The minimum absolute atomic E-state index is 0.474. The van der Waals surface area contributed by atoms with Crippen molar-refractivity contribution in [3.63, 3.8) is 0 Å². The molecule has 0 spiro atoms. The Bertz CT molecular complexity index is 299. The fourth-order valence-electron chi connectivity index (χ4n) is 1.72. The Balaban J connectivity index is 2.71. The third-order valence-electron chi connectivity index (χ3n) is 3.08. The molecule has 2 unspecified atom stereocenters. The van der Waals surface area contributed by atoms with Crippen molar-refractivity contribution in [2.45, 2.75) is 32.7 Å². The normalized spacial score (nSPS) is 14.9. The van der Waals surface area contributed by atoms with Gasteiger partial charge in [0.25, 0.3) is 0 Å². The van der Waals surface area contributed by atoms with E-state index in [0.717, 1.165) is 17.7 Å². The molecule has 3 N–H and O–H groups in total. The van der Waals surface area contributed by atoms with E-state index in [1.54, 1.807) is 6.20 Å². The van der Waals surface area contributed by atoms with Crippen LogP contribution in [0.25, 0.3) is 0 Å². The molecule has 0 aliphatic rings. The summed E-state index contributed by atoms with van der Waals surface area (Å²) < 4.78 is 0. The van der Waals surface area contributed by atoms with Crippen LogP contribution in [0.1, 0.15) is 25.8 Å². The van der Waals surface area contributed by atoms with Crippen molar-refractivity contribution in [3.8, 4) is 0 Å². The first-order valence-corrected chi connectivity index (χ1v) is 5.54. The number of nitrogens with two attached hydrogens (primary N) is 1. The van der Waals surface area contributed by atoms with Crippen LogP contribution in [-0.2, 0) is 6.42 Å². The molecule has 0 aromatic carbocycles. The highest BCUT2D eigenvalue weighted by atomic mass is 14.9. The van der Waals surface area contributed by atoms with Crippen molar-refractivity contribution in [1.29, 1.82) is 0 Å². The molecule has 0 aliphatic carbocycles. The second kappa shape index (κ2) is 5.71. The number of nitrogens with one attached hydrogen (secondary N) is 1. The summed E-state index contributed by atoms with van der Waals surface area (Å²) in [6.07, 6.45) is 5.72. The van der Waals surface area contributed by atoms with E-state index < -0.39 is 0 Å². The minimum Gasteiger partial charge on any atom is -0.398 e. The number of anilines is 1. The molecule has 3 nitrogen and oxygen atoms in total. The lowest BCUT2D eigenvalue weighted by atomic mass is 9.93. The predicted molar refractivity (Wildman–Crippen MR) is 64.7 cm³/mol. The van der Waals surface area contributed by atoms with Gasteiger partial charge >= 0.3 is 0 Å². The van der Waals surface area contributed by atoms with Crippen LogP contribution < -0.4 is 11.1 Å². The van der Waals surface area contributed by atoms with Gasteiger partial charge in [-0.3, -0.25) is 4.98 Å². The van der Waals surface area contributed by atoms with E-state index in [0.29, 0.717) is 12.0 Å². The summed E-state index contributed by atoms with van der Waals surface area (Å²) in [5.41, 5.74) is 7.87. The molecule has 1 rings (SSSR count).